The molecule has 1 aromatic heterocycles. The maximum atomic E-state index is 6.79. The Labute approximate surface area is 555 Å². The molecule has 446 valence electrons. The lowest BCUT2D eigenvalue weighted by atomic mass is 9.33. The van der Waals surface area contributed by atoms with Crippen molar-refractivity contribution in [3.05, 3.63) is 346 Å². The Hall–Kier alpha value is -12.6. The number of rotatable bonds is 9. The monoisotopic (exact) mass is 1220 g/mol. The zero-order valence-electron chi connectivity index (χ0n) is 52.2. The van der Waals surface area contributed by atoms with Gasteiger partial charge in [-0.15, -0.1) is 0 Å². The fourth-order valence-corrected chi connectivity index (χ4v) is 16.1. The van der Waals surface area contributed by atoms with Crippen molar-refractivity contribution in [2.45, 2.75) is 0 Å². The third-order valence-corrected chi connectivity index (χ3v) is 20.3. The van der Waals surface area contributed by atoms with E-state index >= 15 is 0 Å². The first-order valence-corrected chi connectivity index (χ1v) is 33.1. The number of nitrogens with zero attached hydrogens (tertiary/aromatic N) is 4. The average molecular weight is 1220 g/mol. The van der Waals surface area contributed by atoms with E-state index in [1.807, 2.05) is 0 Å². The van der Waals surface area contributed by atoms with Gasteiger partial charge in [0.25, 0.3) is 6.71 Å². The molecule has 0 saturated carbocycles. The fraction of sp³-hybridized carbons (Fsp3) is 0. The molecule has 0 bridgehead atoms. The van der Waals surface area contributed by atoms with Crippen LogP contribution in [0.5, 0.6) is 0 Å². The highest BCUT2D eigenvalue weighted by molar-refractivity contribution is 7.00. The number of para-hydroxylation sites is 5. The Balaban J connectivity index is 0.922. The second kappa shape index (κ2) is 21.5. The highest BCUT2D eigenvalue weighted by Gasteiger charge is 2.45. The predicted octanol–water partition coefficient (Wildman–Crippen LogP) is 23.2. The van der Waals surface area contributed by atoms with Crippen LogP contribution in [0.25, 0.3) is 97.7 Å². The van der Waals surface area contributed by atoms with Gasteiger partial charge >= 0.3 is 0 Å². The molecule has 0 aliphatic carbocycles. The summed E-state index contributed by atoms with van der Waals surface area (Å²) in [5.74, 6) is 0. The lowest BCUT2D eigenvalue weighted by molar-refractivity contribution is 0.669. The van der Waals surface area contributed by atoms with E-state index in [9.17, 15) is 0 Å². The number of hydrogen-bond donors (Lipinski definition) is 0. The van der Waals surface area contributed by atoms with Crippen molar-refractivity contribution in [1.82, 2.24) is 0 Å². The average Bonchev–Trinajstić information content (AvgIpc) is 0.864. The second-order valence-electron chi connectivity index (χ2n) is 25.5. The number of furan rings is 1. The van der Waals surface area contributed by atoms with Gasteiger partial charge in [-0.2, -0.15) is 0 Å². The molecule has 5 nitrogen and oxygen atoms in total. The molecule has 18 aromatic rings. The van der Waals surface area contributed by atoms with Gasteiger partial charge in [0.1, 0.15) is 11.2 Å². The third-order valence-electron chi connectivity index (χ3n) is 20.3. The Morgan fingerprint density at radius 1 is 0.219 bits per heavy atom. The fourth-order valence-electron chi connectivity index (χ4n) is 16.1. The molecule has 2 aliphatic heterocycles. The van der Waals surface area contributed by atoms with Gasteiger partial charge in [-0.1, -0.05) is 218 Å². The summed E-state index contributed by atoms with van der Waals surface area (Å²) in [6, 6.07) is 128. The molecule has 0 saturated heterocycles. The predicted molar refractivity (Wildman–Crippen MR) is 408 cm³/mol. The quantitative estimate of drug-likeness (QED) is 0.106. The Morgan fingerprint density at radius 2 is 0.552 bits per heavy atom. The Morgan fingerprint density at radius 3 is 0.958 bits per heavy atom. The number of anilines is 12. The van der Waals surface area contributed by atoms with Crippen LogP contribution in [0.2, 0.25) is 0 Å². The van der Waals surface area contributed by atoms with Crippen LogP contribution in [-0.4, -0.2) is 6.71 Å². The van der Waals surface area contributed by atoms with E-state index in [-0.39, 0.29) is 6.71 Å². The van der Waals surface area contributed by atoms with E-state index in [0.29, 0.717) is 0 Å². The highest BCUT2D eigenvalue weighted by Crippen LogP contribution is 2.51. The number of benzene rings is 17. The molecule has 0 radical (unpaired) electrons. The van der Waals surface area contributed by atoms with Crippen LogP contribution in [0.1, 0.15) is 0 Å². The van der Waals surface area contributed by atoms with Gasteiger partial charge in [0.2, 0.25) is 0 Å². The SMILES string of the molecule is c1ccc(N(c2ccccc2)c2ccc3c(c2)N(c2ccc4c5ccccc5c5ccccc5c4c2)c2cc(-c4ccc5c(c4)oc4ccccc45)cc4c2B3c2ccc(N(c3ccccc3)c3ccccc3)cc2N4c2ccc3c4ccccc4c4ccccc4c3c2)cc1. The molecule has 0 amide bonds. The Kier molecular flexibility index (Phi) is 12.1. The van der Waals surface area contributed by atoms with Crippen LogP contribution in [-0.2, 0) is 0 Å². The van der Waals surface area contributed by atoms with Gasteiger partial charge in [0.15, 0.2) is 0 Å². The van der Waals surface area contributed by atoms with E-state index in [2.05, 4.69) is 365 Å². The van der Waals surface area contributed by atoms with Gasteiger partial charge in [-0.3, -0.25) is 0 Å². The van der Waals surface area contributed by atoms with Crippen LogP contribution in [0.3, 0.4) is 0 Å². The van der Waals surface area contributed by atoms with E-state index in [0.717, 1.165) is 101 Å². The molecule has 0 unspecified atom stereocenters. The topological polar surface area (TPSA) is 26.1 Å². The highest BCUT2D eigenvalue weighted by atomic mass is 16.3. The first-order chi connectivity index (χ1) is 47.6. The minimum absolute atomic E-state index is 0.221. The summed E-state index contributed by atoms with van der Waals surface area (Å²) in [6.45, 7) is -0.221. The lowest BCUT2D eigenvalue weighted by Gasteiger charge is -2.45. The summed E-state index contributed by atoms with van der Waals surface area (Å²) in [7, 11) is 0. The van der Waals surface area contributed by atoms with Gasteiger partial charge in [-0.25, -0.2) is 0 Å². The minimum atomic E-state index is -0.221. The summed E-state index contributed by atoms with van der Waals surface area (Å²) in [4.78, 5) is 9.99. The summed E-state index contributed by atoms with van der Waals surface area (Å²) < 4.78 is 6.79. The second-order valence-corrected chi connectivity index (χ2v) is 25.5. The van der Waals surface area contributed by atoms with Crippen molar-refractivity contribution >= 4 is 178 Å². The standard InChI is InChI=1S/C90H57BN4O/c1-5-23-60(24-6-1)92(61-25-7-2-8-26-61)66-44-49-82-84(56-66)94(64-42-47-76-72-35-15-13-31-68(72)70-33-17-19-37-74(70)80(76)54-64)86-51-59(58-41-46-79-78-39-21-22-40-88(78)96-89(79)53-58)52-87-90(86)91(82)83-50-45-67(93(62-27-9-3-10-28-62)63-29-11-4-12-30-63)57-85(83)95(87)65-43-48-77-73-36-16-14-32-69(73)71-34-18-20-38-75(71)81(77)55-65/h1-57H. The molecule has 6 heteroatoms. The number of hydrogen-bond acceptors (Lipinski definition) is 5. The van der Waals surface area contributed by atoms with Crippen LogP contribution in [0.15, 0.2) is 350 Å². The van der Waals surface area contributed by atoms with E-state index < -0.39 is 0 Å². The van der Waals surface area contributed by atoms with Crippen molar-refractivity contribution in [2.24, 2.45) is 0 Å². The molecule has 3 heterocycles. The van der Waals surface area contributed by atoms with E-state index in [1.165, 1.54) is 81.0 Å². The zero-order valence-corrected chi connectivity index (χ0v) is 52.2. The summed E-state index contributed by atoms with van der Waals surface area (Å²) in [5.41, 5.74) is 20.4. The molecule has 20 rings (SSSR count). The normalized spacial score (nSPS) is 12.5. The molecular weight excluding hydrogens is 1160 g/mol. The maximum absolute atomic E-state index is 6.79. The molecule has 0 spiro atoms. The molecule has 2 aliphatic rings. The molecule has 96 heavy (non-hydrogen) atoms. The van der Waals surface area contributed by atoms with Gasteiger partial charge in [0, 0.05) is 79.0 Å². The smallest absolute Gasteiger partial charge is 0.252 e. The summed E-state index contributed by atoms with van der Waals surface area (Å²) in [5, 5.41) is 16.9. The van der Waals surface area contributed by atoms with Gasteiger partial charge in [0.05, 0.1) is 0 Å². The minimum Gasteiger partial charge on any atom is -0.456 e. The van der Waals surface area contributed by atoms with Crippen molar-refractivity contribution < 1.29 is 4.42 Å². The van der Waals surface area contributed by atoms with Crippen molar-refractivity contribution in [3.63, 3.8) is 0 Å². The van der Waals surface area contributed by atoms with Crippen molar-refractivity contribution in [2.75, 3.05) is 19.6 Å². The molecule has 0 atom stereocenters. The van der Waals surface area contributed by atoms with Crippen LogP contribution >= 0.6 is 0 Å². The van der Waals surface area contributed by atoms with Gasteiger partial charge in [-0.05, 0) is 220 Å². The number of fused-ring (bicyclic) bond motifs is 19. The molecular formula is C90H57BN4O. The van der Waals surface area contributed by atoms with Crippen LogP contribution in [0.4, 0.5) is 68.2 Å². The third kappa shape index (κ3) is 8.32. The lowest BCUT2D eigenvalue weighted by Crippen LogP contribution is -2.61. The first-order valence-electron chi connectivity index (χ1n) is 33.1. The van der Waals surface area contributed by atoms with Gasteiger partial charge < -0.3 is 24.0 Å². The molecule has 17 aromatic carbocycles. The maximum Gasteiger partial charge on any atom is 0.252 e. The van der Waals surface area contributed by atoms with Crippen LogP contribution < -0.4 is 36.0 Å². The molecule has 0 fully saturated rings. The molecule has 0 N–H and O–H groups in total. The van der Waals surface area contributed by atoms with Crippen molar-refractivity contribution in [3.8, 4) is 11.1 Å². The summed E-state index contributed by atoms with van der Waals surface area (Å²) >= 11 is 0. The largest absolute Gasteiger partial charge is 0.456 e. The van der Waals surface area contributed by atoms with Crippen LogP contribution in [0, 0.1) is 0 Å². The first kappa shape index (κ1) is 54.0. The summed E-state index contributed by atoms with van der Waals surface area (Å²) in [6.07, 6.45) is 0. The zero-order chi connectivity index (χ0) is 63.0. The van der Waals surface area contributed by atoms with E-state index in [1.54, 1.807) is 0 Å². The Bertz CT molecular complexity index is 5720. The van der Waals surface area contributed by atoms with Crippen molar-refractivity contribution in [1.29, 1.82) is 0 Å². The van der Waals surface area contributed by atoms with E-state index in [4.69, 9.17) is 4.42 Å².